The zero-order valence-corrected chi connectivity index (χ0v) is 9.71. The summed E-state index contributed by atoms with van der Waals surface area (Å²) < 4.78 is 3.03. The number of hydrogen-bond acceptors (Lipinski definition) is 5. The van der Waals surface area contributed by atoms with Gasteiger partial charge in [0.15, 0.2) is 0 Å². The van der Waals surface area contributed by atoms with Gasteiger partial charge in [0.25, 0.3) is 0 Å². The number of aromatic nitrogens is 4. The minimum atomic E-state index is -0.471. The predicted molar refractivity (Wildman–Crippen MR) is 61.1 cm³/mol. The van der Waals surface area contributed by atoms with Gasteiger partial charge in [-0.05, 0) is 6.92 Å². The van der Waals surface area contributed by atoms with Crippen LogP contribution < -0.4 is 5.32 Å². The molecular weight excluding hydrogens is 224 g/mol. The van der Waals surface area contributed by atoms with Gasteiger partial charge >= 0.3 is 5.69 Å². The molecular formula is C9H12N6O2. The van der Waals surface area contributed by atoms with Crippen LogP contribution in [0.5, 0.6) is 0 Å². The van der Waals surface area contributed by atoms with E-state index >= 15 is 0 Å². The highest BCUT2D eigenvalue weighted by atomic mass is 16.6. The van der Waals surface area contributed by atoms with Crippen LogP contribution in [-0.2, 0) is 14.1 Å². The molecule has 8 heteroatoms. The molecule has 0 saturated carbocycles. The van der Waals surface area contributed by atoms with Gasteiger partial charge in [0.1, 0.15) is 6.20 Å². The molecule has 0 saturated heterocycles. The number of aryl methyl sites for hydroxylation is 3. The van der Waals surface area contributed by atoms with E-state index in [1.54, 1.807) is 25.0 Å². The molecule has 0 atom stereocenters. The van der Waals surface area contributed by atoms with E-state index in [0.717, 1.165) is 5.69 Å². The van der Waals surface area contributed by atoms with Crippen LogP contribution in [0.15, 0.2) is 12.4 Å². The molecule has 90 valence electrons. The lowest BCUT2D eigenvalue weighted by molar-refractivity contribution is -0.384. The number of rotatable bonds is 3. The smallest absolute Gasteiger partial charge is 0.330 e. The van der Waals surface area contributed by atoms with Crippen molar-refractivity contribution in [3.63, 3.8) is 0 Å². The summed E-state index contributed by atoms with van der Waals surface area (Å²) in [6, 6.07) is 0. The Morgan fingerprint density at radius 1 is 1.29 bits per heavy atom. The molecule has 0 aliphatic rings. The van der Waals surface area contributed by atoms with Gasteiger partial charge in [0.05, 0.1) is 16.3 Å². The number of hydrogen-bond donors (Lipinski definition) is 1. The van der Waals surface area contributed by atoms with Gasteiger partial charge in [-0.1, -0.05) is 0 Å². The molecule has 1 N–H and O–H groups in total. The van der Waals surface area contributed by atoms with Gasteiger partial charge in [0, 0.05) is 20.3 Å². The normalized spacial score (nSPS) is 10.5. The standard InChI is InChI=1S/C9H12N6O2/c1-6-7(4-13(2)11-6)10-9-8(15(16)17)5-14(3)12-9/h4-5H,1-3H3,(H,10,12). The Hall–Kier alpha value is -2.38. The van der Waals surface area contributed by atoms with Crippen LogP contribution in [0.3, 0.4) is 0 Å². The maximum absolute atomic E-state index is 10.8. The third-order valence-corrected chi connectivity index (χ3v) is 2.27. The van der Waals surface area contributed by atoms with E-state index < -0.39 is 4.92 Å². The quantitative estimate of drug-likeness (QED) is 0.636. The molecule has 0 fully saturated rings. The van der Waals surface area contributed by atoms with Gasteiger partial charge in [0.2, 0.25) is 5.82 Å². The van der Waals surface area contributed by atoms with Gasteiger partial charge in [-0.2, -0.15) is 5.10 Å². The van der Waals surface area contributed by atoms with E-state index in [2.05, 4.69) is 15.5 Å². The number of anilines is 2. The summed E-state index contributed by atoms with van der Waals surface area (Å²) in [4.78, 5) is 10.3. The molecule has 0 unspecified atom stereocenters. The first-order chi connectivity index (χ1) is 7.97. The van der Waals surface area contributed by atoms with Crippen molar-refractivity contribution in [1.29, 1.82) is 0 Å². The third kappa shape index (κ3) is 2.10. The van der Waals surface area contributed by atoms with Gasteiger partial charge in [-0.15, -0.1) is 5.10 Å². The van der Waals surface area contributed by atoms with Gasteiger partial charge < -0.3 is 5.32 Å². The fraction of sp³-hybridized carbons (Fsp3) is 0.333. The molecule has 2 heterocycles. The van der Waals surface area contributed by atoms with Crippen LogP contribution >= 0.6 is 0 Å². The zero-order valence-electron chi connectivity index (χ0n) is 9.71. The Labute approximate surface area is 97.0 Å². The Balaban J connectivity index is 2.36. The average molecular weight is 236 g/mol. The Kier molecular flexibility index (Phi) is 2.54. The SMILES string of the molecule is Cc1nn(C)cc1Nc1nn(C)cc1[N+](=O)[O-]. The van der Waals surface area contributed by atoms with Crippen LogP contribution in [0.4, 0.5) is 17.2 Å². The largest absolute Gasteiger partial charge is 0.331 e. The van der Waals surface area contributed by atoms with Crippen molar-refractivity contribution in [1.82, 2.24) is 19.6 Å². The second-order valence-electron chi connectivity index (χ2n) is 3.72. The first-order valence-electron chi connectivity index (χ1n) is 4.92. The lowest BCUT2D eigenvalue weighted by Gasteiger charge is -1.99. The molecule has 0 bridgehead atoms. The minimum absolute atomic E-state index is 0.0595. The second-order valence-corrected chi connectivity index (χ2v) is 3.72. The van der Waals surface area contributed by atoms with Crippen molar-refractivity contribution in [3.8, 4) is 0 Å². The van der Waals surface area contributed by atoms with Gasteiger partial charge in [-0.3, -0.25) is 19.5 Å². The van der Waals surface area contributed by atoms with Crippen molar-refractivity contribution in [2.45, 2.75) is 6.92 Å². The van der Waals surface area contributed by atoms with Crippen LogP contribution in [0.25, 0.3) is 0 Å². The second kappa shape index (κ2) is 3.89. The molecule has 0 radical (unpaired) electrons. The summed E-state index contributed by atoms with van der Waals surface area (Å²) in [5, 5.41) is 21.9. The highest BCUT2D eigenvalue weighted by Gasteiger charge is 2.19. The fourth-order valence-corrected chi connectivity index (χ4v) is 1.55. The summed E-state index contributed by atoms with van der Waals surface area (Å²) in [7, 11) is 3.42. The van der Waals surface area contributed by atoms with Crippen molar-refractivity contribution in [2.24, 2.45) is 14.1 Å². The number of nitro groups is 1. The minimum Gasteiger partial charge on any atom is -0.330 e. The van der Waals surface area contributed by atoms with Crippen LogP contribution in [0, 0.1) is 17.0 Å². The molecule has 17 heavy (non-hydrogen) atoms. The van der Waals surface area contributed by atoms with E-state index in [-0.39, 0.29) is 11.5 Å². The number of nitrogens with zero attached hydrogens (tertiary/aromatic N) is 5. The highest BCUT2D eigenvalue weighted by Crippen LogP contribution is 2.26. The van der Waals surface area contributed by atoms with E-state index in [9.17, 15) is 10.1 Å². The maximum atomic E-state index is 10.8. The molecule has 2 rings (SSSR count). The average Bonchev–Trinajstić information content (AvgIpc) is 2.71. The van der Waals surface area contributed by atoms with E-state index in [1.807, 2.05) is 6.92 Å². The molecule has 8 nitrogen and oxygen atoms in total. The first-order valence-corrected chi connectivity index (χ1v) is 4.92. The molecule has 2 aromatic rings. The zero-order chi connectivity index (χ0) is 12.6. The summed E-state index contributed by atoms with van der Waals surface area (Å²) in [6.45, 7) is 1.82. The third-order valence-electron chi connectivity index (χ3n) is 2.27. The van der Waals surface area contributed by atoms with Gasteiger partial charge in [-0.25, -0.2) is 0 Å². The van der Waals surface area contributed by atoms with E-state index in [4.69, 9.17) is 0 Å². The lowest BCUT2D eigenvalue weighted by Crippen LogP contribution is -1.96. The molecule has 2 aromatic heterocycles. The predicted octanol–water partition coefficient (Wildman–Crippen LogP) is 1.11. The van der Waals surface area contributed by atoms with Crippen LogP contribution in [-0.4, -0.2) is 24.5 Å². The summed E-state index contributed by atoms with van der Waals surface area (Å²) in [6.07, 6.45) is 3.10. The molecule has 0 amide bonds. The maximum Gasteiger partial charge on any atom is 0.331 e. The summed E-state index contributed by atoms with van der Waals surface area (Å²) in [5.74, 6) is 0.216. The Bertz CT molecular complexity index is 570. The lowest BCUT2D eigenvalue weighted by atomic mass is 10.4. The first kappa shape index (κ1) is 11.1. The highest BCUT2D eigenvalue weighted by molar-refractivity contribution is 5.65. The van der Waals surface area contributed by atoms with E-state index in [1.165, 1.54) is 10.9 Å². The van der Waals surface area contributed by atoms with E-state index in [0.29, 0.717) is 5.69 Å². The van der Waals surface area contributed by atoms with Crippen LogP contribution in [0.1, 0.15) is 5.69 Å². The summed E-state index contributed by atoms with van der Waals surface area (Å²) in [5.41, 5.74) is 1.40. The Morgan fingerprint density at radius 2 is 1.94 bits per heavy atom. The van der Waals surface area contributed by atoms with Crippen molar-refractivity contribution >= 4 is 17.2 Å². The Morgan fingerprint density at radius 3 is 2.47 bits per heavy atom. The molecule has 0 aliphatic heterocycles. The van der Waals surface area contributed by atoms with Crippen molar-refractivity contribution in [3.05, 3.63) is 28.2 Å². The van der Waals surface area contributed by atoms with Crippen LogP contribution in [0.2, 0.25) is 0 Å². The number of nitrogens with one attached hydrogen (secondary N) is 1. The summed E-state index contributed by atoms with van der Waals surface area (Å²) >= 11 is 0. The monoisotopic (exact) mass is 236 g/mol. The molecule has 0 aliphatic carbocycles. The van der Waals surface area contributed by atoms with Crippen molar-refractivity contribution < 1.29 is 4.92 Å². The molecule has 0 spiro atoms. The topological polar surface area (TPSA) is 90.8 Å². The van der Waals surface area contributed by atoms with Crippen molar-refractivity contribution in [2.75, 3.05) is 5.32 Å². The molecule has 0 aromatic carbocycles. The fourth-order valence-electron chi connectivity index (χ4n) is 1.55.